The Labute approximate surface area is 167 Å². The molecular formula is C23H28N2O2S. The van der Waals surface area contributed by atoms with E-state index >= 15 is 0 Å². The zero-order valence-corrected chi connectivity index (χ0v) is 17.2. The van der Waals surface area contributed by atoms with E-state index in [2.05, 4.69) is 29.1 Å². The molecule has 0 radical (unpaired) electrons. The van der Waals surface area contributed by atoms with Crippen LogP contribution in [0.25, 0.3) is 10.9 Å². The number of benzene rings is 2. The van der Waals surface area contributed by atoms with Gasteiger partial charge in [-0.25, -0.2) is 8.42 Å². The topological polar surface area (TPSA) is 53.2 Å². The van der Waals surface area contributed by atoms with Gasteiger partial charge in [0.05, 0.1) is 9.79 Å². The van der Waals surface area contributed by atoms with Crippen LogP contribution in [0, 0.1) is 0 Å². The number of fused-ring (bicyclic) bond motifs is 1. The first-order valence-corrected chi connectivity index (χ1v) is 11.6. The Kier molecular flexibility index (Phi) is 5.56. The molecule has 4 nitrogen and oxygen atoms in total. The van der Waals surface area contributed by atoms with Crippen LogP contribution in [0.2, 0.25) is 0 Å². The monoisotopic (exact) mass is 396 g/mol. The fourth-order valence-electron chi connectivity index (χ4n) is 4.26. The summed E-state index contributed by atoms with van der Waals surface area (Å²) in [5.41, 5.74) is 2.12. The molecule has 1 aliphatic carbocycles. The van der Waals surface area contributed by atoms with Gasteiger partial charge in [0.25, 0.3) is 0 Å². The molecule has 0 atom stereocenters. The van der Waals surface area contributed by atoms with Crippen LogP contribution in [0.15, 0.2) is 64.5 Å². The zero-order chi connectivity index (χ0) is 19.6. The summed E-state index contributed by atoms with van der Waals surface area (Å²) in [6.07, 6.45) is 9.29. The third-order valence-corrected chi connectivity index (χ3v) is 7.81. The zero-order valence-electron chi connectivity index (χ0n) is 16.4. The minimum absolute atomic E-state index is 0.328. The molecule has 0 amide bonds. The second kappa shape index (κ2) is 8.10. The van der Waals surface area contributed by atoms with E-state index in [9.17, 15) is 8.42 Å². The smallest absolute Gasteiger partial charge is 0.208 e. The summed E-state index contributed by atoms with van der Waals surface area (Å²) in [6, 6.07) is 15.4. The van der Waals surface area contributed by atoms with E-state index in [1.165, 1.54) is 37.7 Å². The van der Waals surface area contributed by atoms with Gasteiger partial charge in [-0.1, -0.05) is 49.6 Å². The fraction of sp³-hybridized carbons (Fsp3) is 0.391. The minimum atomic E-state index is -3.51. The average Bonchev–Trinajstić information content (AvgIpc) is 3.17. The van der Waals surface area contributed by atoms with Gasteiger partial charge >= 0.3 is 0 Å². The molecule has 0 spiro atoms. The summed E-state index contributed by atoms with van der Waals surface area (Å²) >= 11 is 0. The van der Waals surface area contributed by atoms with Gasteiger partial charge in [0.15, 0.2) is 0 Å². The number of nitrogens with one attached hydrogen (secondary N) is 1. The molecule has 1 heterocycles. The van der Waals surface area contributed by atoms with Crippen molar-refractivity contribution in [1.82, 2.24) is 9.88 Å². The largest absolute Gasteiger partial charge is 0.360 e. The Morgan fingerprint density at radius 1 is 1.04 bits per heavy atom. The second-order valence-electron chi connectivity index (χ2n) is 7.87. The van der Waals surface area contributed by atoms with Gasteiger partial charge in [0, 0.05) is 29.7 Å². The second-order valence-corrected chi connectivity index (χ2v) is 9.79. The van der Waals surface area contributed by atoms with Crippen molar-refractivity contribution in [1.29, 1.82) is 0 Å². The number of aromatic amines is 1. The molecular weight excluding hydrogens is 368 g/mol. The molecule has 0 saturated heterocycles. The lowest BCUT2D eigenvalue weighted by molar-refractivity contribution is 0.194. The highest BCUT2D eigenvalue weighted by Crippen LogP contribution is 2.29. The number of hydrogen-bond acceptors (Lipinski definition) is 3. The molecule has 148 valence electrons. The van der Waals surface area contributed by atoms with E-state index in [4.69, 9.17) is 0 Å². The number of aromatic nitrogens is 1. The number of sulfone groups is 1. The molecule has 1 N–H and O–H groups in total. The average molecular weight is 397 g/mol. The summed E-state index contributed by atoms with van der Waals surface area (Å²) in [5.74, 6) is 0. The van der Waals surface area contributed by atoms with Crippen molar-refractivity contribution < 1.29 is 8.42 Å². The Bertz CT molecular complexity index is 1030. The maximum Gasteiger partial charge on any atom is 0.208 e. The summed E-state index contributed by atoms with van der Waals surface area (Å²) in [5, 5.41) is 0.758. The molecule has 0 aliphatic heterocycles. The van der Waals surface area contributed by atoms with Crippen molar-refractivity contribution in [3.63, 3.8) is 0 Å². The Balaban J connectivity index is 1.52. The van der Waals surface area contributed by atoms with Crippen molar-refractivity contribution >= 4 is 20.7 Å². The van der Waals surface area contributed by atoms with Crippen LogP contribution in [-0.4, -0.2) is 37.9 Å². The van der Waals surface area contributed by atoms with Gasteiger partial charge in [-0.3, -0.25) is 0 Å². The van der Waals surface area contributed by atoms with E-state index in [1.807, 2.05) is 12.1 Å². The van der Waals surface area contributed by atoms with Gasteiger partial charge in [0.2, 0.25) is 9.84 Å². The standard InChI is InChI=1S/C23H28N2O2S/c1-25(19-8-4-2-5-9-19)15-14-18-12-13-21-22(16-18)24-17-23(21)28(26,27)20-10-6-3-7-11-20/h3,6-7,10-13,16-17,19,24H,2,4-5,8-9,14-15H2,1H3. The lowest BCUT2D eigenvalue weighted by Gasteiger charge is -2.31. The first-order valence-electron chi connectivity index (χ1n) is 10.2. The fourth-order valence-corrected chi connectivity index (χ4v) is 5.71. The summed E-state index contributed by atoms with van der Waals surface area (Å²) in [6.45, 7) is 1.03. The number of likely N-dealkylation sites (N-methyl/N-ethyl adjacent to an activating group) is 1. The number of H-pyrrole nitrogens is 1. The molecule has 4 rings (SSSR count). The third-order valence-electron chi connectivity index (χ3n) is 6.00. The van der Waals surface area contributed by atoms with Crippen molar-refractivity contribution in [3.05, 3.63) is 60.3 Å². The van der Waals surface area contributed by atoms with Gasteiger partial charge in [-0.2, -0.15) is 0 Å². The lowest BCUT2D eigenvalue weighted by atomic mass is 9.94. The molecule has 2 aromatic carbocycles. The highest BCUT2D eigenvalue weighted by molar-refractivity contribution is 7.91. The van der Waals surface area contributed by atoms with Crippen LogP contribution in [0.3, 0.4) is 0 Å². The SMILES string of the molecule is CN(CCc1ccc2c(S(=O)(=O)c3ccccc3)c[nH]c2c1)C1CCCCC1. The summed E-state index contributed by atoms with van der Waals surface area (Å²) in [4.78, 5) is 6.33. The van der Waals surface area contributed by atoms with Crippen molar-refractivity contribution in [2.75, 3.05) is 13.6 Å². The van der Waals surface area contributed by atoms with Gasteiger partial charge < -0.3 is 9.88 Å². The summed E-state index contributed by atoms with van der Waals surface area (Å²) < 4.78 is 25.9. The molecule has 0 unspecified atom stereocenters. The van der Waals surface area contributed by atoms with Crippen LogP contribution >= 0.6 is 0 Å². The summed E-state index contributed by atoms with van der Waals surface area (Å²) in [7, 11) is -1.28. The Morgan fingerprint density at radius 3 is 2.54 bits per heavy atom. The molecule has 1 fully saturated rings. The van der Waals surface area contributed by atoms with Crippen LogP contribution < -0.4 is 0 Å². The van der Waals surface area contributed by atoms with Crippen LogP contribution in [0.4, 0.5) is 0 Å². The van der Waals surface area contributed by atoms with E-state index in [0.717, 1.165) is 23.9 Å². The highest BCUT2D eigenvalue weighted by Gasteiger charge is 2.22. The first-order chi connectivity index (χ1) is 13.6. The number of rotatable bonds is 6. The maximum absolute atomic E-state index is 13.0. The number of hydrogen-bond donors (Lipinski definition) is 1. The van der Waals surface area contributed by atoms with Gasteiger partial charge in [-0.15, -0.1) is 0 Å². The quantitative estimate of drug-likeness (QED) is 0.651. The molecule has 28 heavy (non-hydrogen) atoms. The molecule has 5 heteroatoms. The van der Waals surface area contributed by atoms with Gasteiger partial charge in [-0.05, 0) is 50.1 Å². The van der Waals surface area contributed by atoms with E-state index in [0.29, 0.717) is 15.8 Å². The molecule has 3 aromatic rings. The maximum atomic E-state index is 13.0. The van der Waals surface area contributed by atoms with Crippen LogP contribution in [0.5, 0.6) is 0 Å². The molecule has 1 saturated carbocycles. The Morgan fingerprint density at radius 2 is 1.79 bits per heavy atom. The minimum Gasteiger partial charge on any atom is -0.360 e. The van der Waals surface area contributed by atoms with Crippen molar-refractivity contribution in [2.45, 2.75) is 54.4 Å². The molecule has 1 aromatic heterocycles. The predicted molar refractivity (Wildman–Crippen MR) is 113 cm³/mol. The van der Waals surface area contributed by atoms with E-state index in [1.54, 1.807) is 30.5 Å². The normalized spacial score (nSPS) is 16.1. The third kappa shape index (κ3) is 3.87. The molecule has 0 bridgehead atoms. The molecule has 1 aliphatic rings. The van der Waals surface area contributed by atoms with E-state index < -0.39 is 9.84 Å². The first kappa shape index (κ1) is 19.2. The van der Waals surface area contributed by atoms with Crippen molar-refractivity contribution in [2.24, 2.45) is 0 Å². The van der Waals surface area contributed by atoms with Gasteiger partial charge in [0.1, 0.15) is 0 Å². The van der Waals surface area contributed by atoms with Crippen LogP contribution in [0.1, 0.15) is 37.7 Å². The van der Waals surface area contributed by atoms with Crippen molar-refractivity contribution in [3.8, 4) is 0 Å². The van der Waals surface area contributed by atoms with Crippen LogP contribution in [-0.2, 0) is 16.3 Å². The highest BCUT2D eigenvalue weighted by atomic mass is 32.2. The van der Waals surface area contributed by atoms with E-state index in [-0.39, 0.29) is 0 Å². The predicted octanol–water partition coefficient (Wildman–Crippen LogP) is 4.81. The Hall–Kier alpha value is -2.11. The lowest BCUT2D eigenvalue weighted by Crippen LogP contribution is -2.34. The number of nitrogens with zero attached hydrogens (tertiary/aromatic N) is 1.